The zero-order valence-electron chi connectivity index (χ0n) is 13.4. The Morgan fingerprint density at radius 2 is 2.21 bits per heavy atom. The summed E-state index contributed by atoms with van der Waals surface area (Å²) in [4.78, 5) is 17.4. The van der Waals surface area contributed by atoms with E-state index >= 15 is 0 Å². The van der Waals surface area contributed by atoms with Crippen molar-refractivity contribution < 1.29 is 13.2 Å². The lowest BCUT2D eigenvalue weighted by molar-refractivity contribution is -0.121. The van der Waals surface area contributed by atoms with Crippen molar-refractivity contribution in [2.75, 3.05) is 12.8 Å². The third-order valence-electron chi connectivity index (χ3n) is 4.02. The van der Waals surface area contributed by atoms with Crippen LogP contribution in [-0.4, -0.2) is 42.0 Å². The van der Waals surface area contributed by atoms with Crippen LogP contribution in [0.15, 0.2) is 41.9 Å². The van der Waals surface area contributed by atoms with E-state index in [2.05, 4.69) is 11.6 Å². The van der Waals surface area contributed by atoms with Crippen LogP contribution in [0.2, 0.25) is 0 Å². The number of hydrogen-bond donors (Lipinski definition) is 0. The molecule has 6 nitrogen and oxygen atoms in total. The standard InChI is InChI=1S/C16H19N3O3S2/c1-3-10-18-12-7-4-5-9-14(12)23-16(18)17-15(20)13-8-6-11-19(13)24(2,21)22/h3-5,7,9,13H,1,6,8,10-11H2,2H3. The van der Waals surface area contributed by atoms with E-state index in [0.717, 1.165) is 16.5 Å². The second kappa shape index (κ2) is 6.62. The van der Waals surface area contributed by atoms with Gasteiger partial charge in [-0.25, -0.2) is 8.42 Å². The number of carbonyl (C=O) groups excluding carboxylic acids is 1. The zero-order chi connectivity index (χ0) is 17.3. The van der Waals surface area contributed by atoms with Crippen molar-refractivity contribution in [3.05, 3.63) is 41.7 Å². The summed E-state index contributed by atoms with van der Waals surface area (Å²) in [6.07, 6.45) is 4.08. The summed E-state index contributed by atoms with van der Waals surface area (Å²) in [5.74, 6) is -0.401. The Labute approximate surface area is 144 Å². The average molecular weight is 365 g/mol. The Balaban J connectivity index is 2.05. The number of sulfonamides is 1. The van der Waals surface area contributed by atoms with Crippen molar-refractivity contribution >= 4 is 37.5 Å². The van der Waals surface area contributed by atoms with Crippen molar-refractivity contribution in [3.8, 4) is 0 Å². The summed E-state index contributed by atoms with van der Waals surface area (Å²) < 4.78 is 27.9. The van der Waals surface area contributed by atoms with Gasteiger partial charge in [-0.1, -0.05) is 29.5 Å². The number of aromatic nitrogens is 1. The highest BCUT2D eigenvalue weighted by Crippen LogP contribution is 2.22. The molecule has 1 amide bonds. The quantitative estimate of drug-likeness (QED) is 0.775. The molecule has 1 aromatic heterocycles. The van der Waals surface area contributed by atoms with Gasteiger partial charge < -0.3 is 4.57 Å². The lowest BCUT2D eigenvalue weighted by Gasteiger charge is -2.18. The zero-order valence-corrected chi connectivity index (χ0v) is 15.0. The Bertz CT molecular complexity index is 956. The molecule has 8 heteroatoms. The van der Waals surface area contributed by atoms with Gasteiger partial charge in [0.2, 0.25) is 10.0 Å². The van der Waals surface area contributed by atoms with Gasteiger partial charge >= 0.3 is 0 Å². The lowest BCUT2D eigenvalue weighted by Crippen LogP contribution is -2.39. The van der Waals surface area contributed by atoms with Gasteiger partial charge in [0.05, 0.1) is 16.5 Å². The van der Waals surface area contributed by atoms with Gasteiger partial charge in [0.25, 0.3) is 5.91 Å². The maximum absolute atomic E-state index is 12.6. The van der Waals surface area contributed by atoms with E-state index < -0.39 is 22.0 Å². The van der Waals surface area contributed by atoms with Gasteiger partial charge in [0, 0.05) is 13.1 Å². The second-order valence-electron chi connectivity index (χ2n) is 5.73. The van der Waals surface area contributed by atoms with Crippen molar-refractivity contribution in [1.29, 1.82) is 0 Å². The Kier molecular flexibility index (Phi) is 4.71. The predicted molar refractivity (Wildman–Crippen MR) is 95.2 cm³/mol. The molecule has 0 aliphatic carbocycles. The third kappa shape index (κ3) is 3.22. The van der Waals surface area contributed by atoms with Gasteiger partial charge in [-0.15, -0.1) is 6.58 Å². The number of carbonyl (C=O) groups is 1. The first-order valence-corrected chi connectivity index (χ1v) is 10.3. The first kappa shape index (κ1) is 17.1. The molecule has 0 saturated carbocycles. The molecule has 2 heterocycles. The highest BCUT2D eigenvalue weighted by molar-refractivity contribution is 7.88. The summed E-state index contributed by atoms with van der Waals surface area (Å²) in [6.45, 7) is 4.67. The third-order valence-corrected chi connectivity index (χ3v) is 6.37. The van der Waals surface area contributed by atoms with Crippen molar-refractivity contribution in [2.45, 2.75) is 25.4 Å². The number of rotatable bonds is 4. The summed E-state index contributed by atoms with van der Waals surface area (Å²) in [5.41, 5.74) is 0.986. The molecule has 128 valence electrons. The Hall–Kier alpha value is -1.77. The van der Waals surface area contributed by atoms with Crippen LogP contribution in [0.5, 0.6) is 0 Å². The fourth-order valence-corrected chi connectivity index (χ4v) is 5.13. The topological polar surface area (TPSA) is 71.7 Å². The number of para-hydroxylation sites is 1. The molecule has 0 N–H and O–H groups in total. The van der Waals surface area contributed by atoms with E-state index in [-0.39, 0.29) is 0 Å². The van der Waals surface area contributed by atoms with Crippen molar-refractivity contribution in [3.63, 3.8) is 0 Å². The number of amides is 1. The number of allylic oxidation sites excluding steroid dienone is 1. The number of thiazole rings is 1. The average Bonchev–Trinajstić information content (AvgIpc) is 3.13. The molecule has 0 bridgehead atoms. The predicted octanol–water partition coefficient (Wildman–Crippen LogP) is 1.74. The minimum absolute atomic E-state index is 0.379. The van der Waals surface area contributed by atoms with Crippen LogP contribution in [0.1, 0.15) is 12.8 Å². The summed E-state index contributed by atoms with van der Waals surface area (Å²) in [5, 5.41) is 0. The maximum atomic E-state index is 12.6. The SMILES string of the molecule is C=CCn1c(=NC(=O)C2CCCN2S(C)(=O)=O)sc2ccccc21. The van der Waals surface area contributed by atoms with E-state index in [1.807, 2.05) is 28.8 Å². The number of hydrogen-bond acceptors (Lipinski definition) is 4. The molecule has 1 atom stereocenters. The normalized spacial score (nSPS) is 19.9. The monoisotopic (exact) mass is 365 g/mol. The van der Waals surface area contributed by atoms with Crippen LogP contribution in [0.25, 0.3) is 10.2 Å². The van der Waals surface area contributed by atoms with Crippen LogP contribution in [0.4, 0.5) is 0 Å². The molecular weight excluding hydrogens is 346 g/mol. The molecule has 0 spiro atoms. The van der Waals surface area contributed by atoms with E-state index in [4.69, 9.17) is 0 Å². The Morgan fingerprint density at radius 1 is 1.46 bits per heavy atom. The molecule has 1 aliphatic heterocycles. The highest BCUT2D eigenvalue weighted by Gasteiger charge is 2.36. The highest BCUT2D eigenvalue weighted by atomic mass is 32.2. The molecule has 1 saturated heterocycles. The molecule has 1 aliphatic rings. The van der Waals surface area contributed by atoms with E-state index in [9.17, 15) is 13.2 Å². The van der Waals surface area contributed by atoms with Crippen LogP contribution >= 0.6 is 11.3 Å². The maximum Gasteiger partial charge on any atom is 0.266 e. The molecule has 1 unspecified atom stereocenters. The molecular formula is C16H19N3O3S2. The van der Waals surface area contributed by atoms with Crippen LogP contribution in [0.3, 0.4) is 0 Å². The van der Waals surface area contributed by atoms with Gasteiger partial charge in [-0.2, -0.15) is 9.30 Å². The summed E-state index contributed by atoms with van der Waals surface area (Å²) in [7, 11) is -3.40. The van der Waals surface area contributed by atoms with E-state index in [1.165, 1.54) is 15.6 Å². The van der Waals surface area contributed by atoms with Crippen LogP contribution in [0, 0.1) is 0 Å². The summed E-state index contributed by atoms with van der Waals surface area (Å²) in [6, 6.07) is 7.12. The van der Waals surface area contributed by atoms with Gasteiger partial charge in [-0.05, 0) is 25.0 Å². The van der Waals surface area contributed by atoms with Gasteiger partial charge in [0.1, 0.15) is 6.04 Å². The molecule has 2 aromatic rings. The minimum Gasteiger partial charge on any atom is -0.313 e. The molecule has 1 aromatic carbocycles. The number of benzene rings is 1. The fraction of sp³-hybridized carbons (Fsp3) is 0.375. The largest absolute Gasteiger partial charge is 0.313 e. The molecule has 3 rings (SSSR count). The fourth-order valence-electron chi connectivity index (χ4n) is 2.96. The Morgan fingerprint density at radius 3 is 2.92 bits per heavy atom. The molecule has 24 heavy (non-hydrogen) atoms. The molecule has 1 fully saturated rings. The smallest absolute Gasteiger partial charge is 0.266 e. The molecule has 0 radical (unpaired) electrons. The van der Waals surface area contributed by atoms with Crippen LogP contribution < -0.4 is 4.80 Å². The second-order valence-corrected chi connectivity index (χ2v) is 8.68. The van der Waals surface area contributed by atoms with Gasteiger partial charge in [-0.3, -0.25) is 4.79 Å². The van der Waals surface area contributed by atoms with E-state index in [1.54, 1.807) is 6.08 Å². The number of nitrogens with zero attached hydrogens (tertiary/aromatic N) is 3. The minimum atomic E-state index is -3.40. The first-order valence-electron chi connectivity index (χ1n) is 7.66. The number of fused-ring (bicyclic) bond motifs is 1. The first-order chi connectivity index (χ1) is 11.4. The van der Waals surface area contributed by atoms with Gasteiger partial charge in [0.15, 0.2) is 4.80 Å². The van der Waals surface area contributed by atoms with Crippen LogP contribution in [-0.2, 0) is 21.4 Å². The lowest BCUT2D eigenvalue weighted by atomic mass is 10.2. The van der Waals surface area contributed by atoms with E-state index in [0.29, 0.717) is 30.7 Å². The summed E-state index contributed by atoms with van der Waals surface area (Å²) >= 11 is 1.42. The van der Waals surface area contributed by atoms with Crippen molar-refractivity contribution in [2.24, 2.45) is 4.99 Å². The van der Waals surface area contributed by atoms with Crippen molar-refractivity contribution in [1.82, 2.24) is 8.87 Å².